The highest BCUT2D eigenvalue weighted by Gasteiger charge is 2.14. The molecule has 0 saturated carbocycles. The fourth-order valence-electron chi connectivity index (χ4n) is 2.44. The average molecular weight is 420 g/mol. The van der Waals surface area contributed by atoms with Crippen LogP contribution in [0.15, 0.2) is 42.5 Å². The Morgan fingerprint density at radius 2 is 1.69 bits per heavy atom. The summed E-state index contributed by atoms with van der Waals surface area (Å²) >= 11 is 6.00. The van der Waals surface area contributed by atoms with Gasteiger partial charge in [0.15, 0.2) is 18.1 Å². The number of carbonyl (C=O) groups is 2. The maximum Gasteiger partial charge on any atom is 0.331 e. The zero-order valence-corrected chi connectivity index (χ0v) is 17.1. The Morgan fingerprint density at radius 1 is 1.03 bits per heavy atom. The minimum absolute atomic E-state index is 0.197. The van der Waals surface area contributed by atoms with Gasteiger partial charge in [0.2, 0.25) is 5.75 Å². The normalized spacial score (nSPS) is 10.5. The second-order valence-corrected chi connectivity index (χ2v) is 6.18. The highest BCUT2D eigenvalue weighted by Crippen LogP contribution is 2.38. The van der Waals surface area contributed by atoms with Crippen molar-refractivity contribution >= 4 is 29.6 Å². The van der Waals surface area contributed by atoms with Gasteiger partial charge in [0, 0.05) is 17.6 Å². The summed E-state index contributed by atoms with van der Waals surface area (Å²) in [6.07, 6.45) is 2.74. The van der Waals surface area contributed by atoms with Gasteiger partial charge in [-0.3, -0.25) is 4.79 Å². The monoisotopic (exact) mass is 419 g/mol. The fraction of sp³-hybridized carbons (Fsp3) is 0.238. The van der Waals surface area contributed by atoms with Crippen molar-refractivity contribution in [3.05, 3.63) is 58.6 Å². The van der Waals surface area contributed by atoms with E-state index in [0.29, 0.717) is 27.8 Å². The van der Waals surface area contributed by atoms with Crippen molar-refractivity contribution in [3.63, 3.8) is 0 Å². The van der Waals surface area contributed by atoms with Gasteiger partial charge in [-0.25, -0.2) is 4.79 Å². The first-order valence-electron chi connectivity index (χ1n) is 8.63. The molecule has 0 bridgehead atoms. The van der Waals surface area contributed by atoms with Gasteiger partial charge in [0.25, 0.3) is 5.91 Å². The topological polar surface area (TPSA) is 83.1 Å². The molecule has 0 unspecified atom stereocenters. The smallest absolute Gasteiger partial charge is 0.331 e. The molecule has 0 spiro atoms. The number of amides is 1. The first-order valence-corrected chi connectivity index (χ1v) is 9.01. The quantitative estimate of drug-likeness (QED) is 0.496. The van der Waals surface area contributed by atoms with E-state index in [0.717, 1.165) is 5.56 Å². The Balaban J connectivity index is 1.87. The van der Waals surface area contributed by atoms with E-state index < -0.39 is 18.5 Å². The molecule has 0 atom stereocenters. The number of methoxy groups -OCH3 is 3. The molecule has 0 aliphatic rings. The van der Waals surface area contributed by atoms with Crippen LogP contribution in [0.4, 0.5) is 0 Å². The Hall–Kier alpha value is -3.19. The third-order valence-corrected chi connectivity index (χ3v) is 4.21. The first kappa shape index (κ1) is 22.1. The Kier molecular flexibility index (Phi) is 8.36. The molecule has 2 rings (SSSR count). The van der Waals surface area contributed by atoms with Gasteiger partial charge in [-0.2, -0.15) is 0 Å². The lowest BCUT2D eigenvalue weighted by Crippen LogP contribution is -2.28. The lowest BCUT2D eigenvalue weighted by atomic mass is 10.1. The molecule has 0 fully saturated rings. The van der Waals surface area contributed by atoms with Gasteiger partial charge in [-0.15, -0.1) is 0 Å². The molecule has 7 nitrogen and oxygen atoms in total. The molecule has 0 radical (unpaired) electrons. The summed E-state index contributed by atoms with van der Waals surface area (Å²) in [4.78, 5) is 23.7. The van der Waals surface area contributed by atoms with Gasteiger partial charge in [0.1, 0.15) is 0 Å². The van der Waals surface area contributed by atoms with Crippen LogP contribution in [0.1, 0.15) is 11.1 Å². The Morgan fingerprint density at radius 3 is 2.28 bits per heavy atom. The predicted octanol–water partition coefficient (Wildman–Crippen LogP) is 3.24. The zero-order valence-electron chi connectivity index (χ0n) is 16.4. The van der Waals surface area contributed by atoms with E-state index in [9.17, 15) is 9.59 Å². The Labute approximate surface area is 174 Å². The van der Waals surface area contributed by atoms with Crippen molar-refractivity contribution in [3.8, 4) is 17.2 Å². The minimum Gasteiger partial charge on any atom is -0.493 e. The van der Waals surface area contributed by atoms with Crippen LogP contribution in [0.25, 0.3) is 6.08 Å². The first-order chi connectivity index (χ1) is 14.0. The molecular weight excluding hydrogens is 398 g/mol. The van der Waals surface area contributed by atoms with E-state index >= 15 is 0 Å². The van der Waals surface area contributed by atoms with Crippen molar-refractivity contribution < 1.29 is 28.5 Å². The standard InChI is InChI=1S/C21H22ClNO6/c1-26-17-10-14(11-18(27-2)21(17)28-3)12-23-19(24)13-29-20(25)9-8-15-6-4-5-7-16(15)22/h4-11H,12-13H2,1-3H3,(H,23,24)/b9-8+. The number of rotatable bonds is 9. The van der Waals surface area contributed by atoms with E-state index in [-0.39, 0.29) is 6.54 Å². The van der Waals surface area contributed by atoms with E-state index in [4.69, 9.17) is 30.5 Å². The number of halogens is 1. The summed E-state index contributed by atoms with van der Waals surface area (Å²) in [5.41, 5.74) is 1.41. The van der Waals surface area contributed by atoms with Crippen LogP contribution >= 0.6 is 11.6 Å². The molecule has 0 aromatic heterocycles. The second-order valence-electron chi connectivity index (χ2n) is 5.77. The van der Waals surface area contributed by atoms with Gasteiger partial charge >= 0.3 is 5.97 Å². The molecule has 29 heavy (non-hydrogen) atoms. The highest BCUT2D eigenvalue weighted by molar-refractivity contribution is 6.32. The van der Waals surface area contributed by atoms with Crippen molar-refractivity contribution in [1.82, 2.24) is 5.32 Å². The Bertz CT molecular complexity index is 871. The number of ether oxygens (including phenoxy) is 4. The lowest BCUT2D eigenvalue weighted by Gasteiger charge is -2.14. The molecule has 1 N–H and O–H groups in total. The molecule has 0 aliphatic carbocycles. The van der Waals surface area contributed by atoms with Gasteiger partial charge in [-0.1, -0.05) is 29.8 Å². The lowest BCUT2D eigenvalue weighted by molar-refractivity contribution is -0.143. The minimum atomic E-state index is -0.646. The van der Waals surface area contributed by atoms with E-state index in [1.54, 1.807) is 36.4 Å². The molecule has 154 valence electrons. The molecule has 0 aliphatic heterocycles. The van der Waals surface area contributed by atoms with Crippen molar-refractivity contribution in [2.45, 2.75) is 6.54 Å². The van der Waals surface area contributed by atoms with E-state index in [2.05, 4.69) is 5.32 Å². The van der Waals surface area contributed by atoms with Gasteiger partial charge in [-0.05, 0) is 35.4 Å². The number of carbonyl (C=O) groups excluding carboxylic acids is 2. The summed E-state index contributed by atoms with van der Waals surface area (Å²) in [6, 6.07) is 10.5. The molecule has 1 amide bonds. The van der Waals surface area contributed by atoms with Gasteiger partial charge < -0.3 is 24.3 Å². The number of benzene rings is 2. The third kappa shape index (κ3) is 6.43. The SMILES string of the molecule is COc1cc(CNC(=O)COC(=O)/C=C/c2ccccc2Cl)cc(OC)c1OC. The van der Waals surface area contributed by atoms with Crippen LogP contribution in [0.2, 0.25) is 5.02 Å². The van der Waals surface area contributed by atoms with Crippen LogP contribution in [-0.2, 0) is 20.9 Å². The summed E-state index contributed by atoms with van der Waals surface area (Å²) in [6.45, 7) is -0.210. The number of hydrogen-bond donors (Lipinski definition) is 1. The fourth-order valence-corrected chi connectivity index (χ4v) is 2.64. The molecule has 2 aromatic rings. The molecule has 2 aromatic carbocycles. The summed E-state index contributed by atoms with van der Waals surface area (Å²) in [5.74, 6) is 0.329. The van der Waals surface area contributed by atoms with Crippen molar-refractivity contribution in [2.75, 3.05) is 27.9 Å². The number of nitrogens with one attached hydrogen (secondary N) is 1. The van der Waals surface area contributed by atoms with Crippen LogP contribution < -0.4 is 19.5 Å². The predicted molar refractivity (Wildman–Crippen MR) is 109 cm³/mol. The largest absolute Gasteiger partial charge is 0.493 e. The molecular formula is C21H22ClNO6. The molecule has 0 heterocycles. The summed E-state index contributed by atoms with van der Waals surface area (Å²) in [5, 5.41) is 3.18. The van der Waals surface area contributed by atoms with E-state index in [1.807, 2.05) is 0 Å². The second kappa shape index (κ2) is 11.0. The van der Waals surface area contributed by atoms with Crippen LogP contribution in [0.3, 0.4) is 0 Å². The van der Waals surface area contributed by atoms with E-state index in [1.165, 1.54) is 33.5 Å². The average Bonchev–Trinajstić information content (AvgIpc) is 2.74. The summed E-state index contributed by atoms with van der Waals surface area (Å²) in [7, 11) is 4.53. The zero-order chi connectivity index (χ0) is 21.2. The van der Waals surface area contributed by atoms with Crippen molar-refractivity contribution in [2.24, 2.45) is 0 Å². The third-order valence-electron chi connectivity index (χ3n) is 3.86. The highest BCUT2D eigenvalue weighted by atomic mass is 35.5. The summed E-state index contributed by atoms with van der Waals surface area (Å²) < 4.78 is 20.7. The maximum absolute atomic E-state index is 12.0. The van der Waals surface area contributed by atoms with Crippen LogP contribution in [0.5, 0.6) is 17.2 Å². The number of hydrogen-bond acceptors (Lipinski definition) is 6. The van der Waals surface area contributed by atoms with Crippen molar-refractivity contribution in [1.29, 1.82) is 0 Å². The maximum atomic E-state index is 12.0. The molecule has 0 saturated heterocycles. The van der Waals surface area contributed by atoms with Gasteiger partial charge in [0.05, 0.1) is 21.3 Å². The number of esters is 1. The van der Waals surface area contributed by atoms with Crippen LogP contribution in [0, 0.1) is 0 Å². The molecule has 8 heteroatoms. The van der Waals surface area contributed by atoms with Crippen LogP contribution in [-0.4, -0.2) is 39.8 Å².